The molecule has 3 aromatic rings. The summed E-state index contributed by atoms with van der Waals surface area (Å²) in [5.41, 5.74) is -0.0754. The lowest BCUT2D eigenvalue weighted by Crippen LogP contribution is -2.51. The van der Waals surface area contributed by atoms with E-state index in [9.17, 15) is 9.90 Å². The molecule has 0 spiro atoms. The summed E-state index contributed by atoms with van der Waals surface area (Å²) in [6, 6.07) is 3.94. The zero-order valence-corrected chi connectivity index (χ0v) is 15.6. The number of nitrogens with zero attached hydrogens (tertiary/aromatic N) is 5. The van der Waals surface area contributed by atoms with Gasteiger partial charge in [-0.2, -0.15) is 5.10 Å². The lowest BCUT2D eigenvalue weighted by atomic mass is 9.87. The van der Waals surface area contributed by atoms with Crippen molar-refractivity contribution in [3.8, 4) is 0 Å². The van der Waals surface area contributed by atoms with Crippen LogP contribution < -0.4 is 4.90 Å². The molecule has 1 aliphatic rings. The second-order valence-corrected chi connectivity index (χ2v) is 7.89. The first-order valence-corrected chi connectivity index (χ1v) is 9.62. The third kappa shape index (κ3) is 2.65. The van der Waals surface area contributed by atoms with Gasteiger partial charge in [-0.05, 0) is 23.4 Å². The van der Waals surface area contributed by atoms with Gasteiger partial charge >= 0.3 is 5.97 Å². The molecule has 7 nitrogen and oxygen atoms in total. The van der Waals surface area contributed by atoms with E-state index in [2.05, 4.69) is 33.8 Å². The van der Waals surface area contributed by atoms with Crippen LogP contribution in [-0.4, -0.2) is 43.9 Å². The van der Waals surface area contributed by atoms with Gasteiger partial charge in [0.1, 0.15) is 17.0 Å². The average Bonchev–Trinajstić information content (AvgIpc) is 3.31. The number of fused-ring (bicyclic) bond motifs is 1. The first-order chi connectivity index (χ1) is 12.5. The number of anilines is 1. The highest BCUT2D eigenvalue weighted by atomic mass is 32.1. The Labute approximate surface area is 155 Å². The van der Waals surface area contributed by atoms with Crippen molar-refractivity contribution >= 4 is 33.3 Å². The van der Waals surface area contributed by atoms with Crippen LogP contribution in [0.2, 0.25) is 0 Å². The average molecular weight is 371 g/mol. The van der Waals surface area contributed by atoms with Crippen molar-refractivity contribution in [1.82, 2.24) is 19.7 Å². The van der Waals surface area contributed by atoms with Crippen LogP contribution in [-0.2, 0) is 10.3 Å². The Balaban J connectivity index is 1.62. The molecule has 0 aromatic carbocycles. The van der Waals surface area contributed by atoms with E-state index >= 15 is 0 Å². The second-order valence-electron chi connectivity index (χ2n) is 7.00. The molecule has 1 aliphatic heterocycles. The summed E-state index contributed by atoms with van der Waals surface area (Å²) < 4.78 is 1.65. The van der Waals surface area contributed by atoms with Gasteiger partial charge in [0.15, 0.2) is 5.54 Å². The fourth-order valence-electron chi connectivity index (χ4n) is 3.54. The van der Waals surface area contributed by atoms with Gasteiger partial charge in [-0.3, -0.25) is 4.68 Å². The largest absolute Gasteiger partial charge is 0.479 e. The van der Waals surface area contributed by atoms with Crippen molar-refractivity contribution < 1.29 is 9.90 Å². The normalized spacial score (nSPS) is 17.1. The summed E-state index contributed by atoms with van der Waals surface area (Å²) in [7, 11) is 0. The van der Waals surface area contributed by atoms with Crippen molar-refractivity contribution in [3.05, 3.63) is 35.7 Å². The number of piperidine rings is 1. The van der Waals surface area contributed by atoms with Crippen molar-refractivity contribution in [2.45, 2.75) is 38.1 Å². The van der Waals surface area contributed by atoms with Gasteiger partial charge < -0.3 is 10.0 Å². The van der Waals surface area contributed by atoms with Gasteiger partial charge in [0, 0.05) is 32.1 Å². The molecule has 1 N–H and O–H groups in total. The molecule has 26 heavy (non-hydrogen) atoms. The lowest BCUT2D eigenvalue weighted by molar-refractivity contribution is -0.149. The Morgan fingerprint density at radius 2 is 2.04 bits per heavy atom. The monoisotopic (exact) mass is 371 g/mol. The summed E-state index contributed by atoms with van der Waals surface area (Å²) >= 11 is 1.59. The maximum atomic E-state index is 12.2. The molecule has 3 aromatic heterocycles. The van der Waals surface area contributed by atoms with Gasteiger partial charge in [-0.15, -0.1) is 11.3 Å². The highest BCUT2D eigenvalue weighted by Crippen LogP contribution is 2.35. The lowest BCUT2D eigenvalue weighted by Gasteiger charge is -2.39. The molecule has 0 saturated carbocycles. The molecule has 0 unspecified atom stereocenters. The molecule has 0 aliphatic carbocycles. The minimum absolute atomic E-state index is 0.273. The van der Waals surface area contributed by atoms with E-state index in [0.29, 0.717) is 25.9 Å². The maximum absolute atomic E-state index is 12.2. The Kier molecular flexibility index (Phi) is 4.14. The third-order valence-corrected chi connectivity index (χ3v) is 5.99. The van der Waals surface area contributed by atoms with Crippen LogP contribution in [0, 0.1) is 0 Å². The van der Waals surface area contributed by atoms with Gasteiger partial charge in [-0.1, -0.05) is 13.8 Å². The first kappa shape index (κ1) is 17.0. The van der Waals surface area contributed by atoms with E-state index in [1.165, 1.54) is 0 Å². The molecule has 0 amide bonds. The molecule has 0 radical (unpaired) electrons. The number of hydrogen-bond acceptors (Lipinski definition) is 6. The molecular weight excluding hydrogens is 350 g/mol. The van der Waals surface area contributed by atoms with Crippen LogP contribution in [0.5, 0.6) is 0 Å². The summed E-state index contributed by atoms with van der Waals surface area (Å²) in [6.45, 7) is 5.35. The highest BCUT2D eigenvalue weighted by molar-refractivity contribution is 7.16. The minimum Gasteiger partial charge on any atom is -0.479 e. The Bertz CT molecular complexity index is 940. The third-order valence-electron chi connectivity index (χ3n) is 5.17. The van der Waals surface area contributed by atoms with Crippen LogP contribution in [0.25, 0.3) is 10.2 Å². The maximum Gasteiger partial charge on any atom is 0.331 e. The first-order valence-electron chi connectivity index (χ1n) is 8.74. The van der Waals surface area contributed by atoms with Crippen LogP contribution in [0.1, 0.15) is 38.3 Å². The smallest absolute Gasteiger partial charge is 0.331 e. The van der Waals surface area contributed by atoms with Crippen molar-refractivity contribution in [3.63, 3.8) is 0 Å². The number of carboxylic acids is 1. The Morgan fingerprint density at radius 3 is 2.69 bits per heavy atom. The SMILES string of the molecule is CC(C)c1ccn(C2(C(=O)O)CCN(c3ncnc4sccc34)CC2)n1. The molecule has 4 rings (SSSR count). The predicted molar refractivity (Wildman–Crippen MR) is 101 cm³/mol. The van der Waals surface area contributed by atoms with Gasteiger partial charge in [-0.25, -0.2) is 14.8 Å². The predicted octanol–water partition coefficient (Wildman–Crippen LogP) is 3.09. The van der Waals surface area contributed by atoms with E-state index in [4.69, 9.17) is 0 Å². The fourth-order valence-corrected chi connectivity index (χ4v) is 4.27. The van der Waals surface area contributed by atoms with Gasteiger partial charge in [0.2, 0.25) is 0 Å². The van der Waals surface area contributed by atoms with Crippen LogP contribution in [0.15, 0.2) is 30.0 Å². The molecule has 0 bridgehead atoms. The van der Waals surface area contributed by atoms with E-state index < -0.39 is 11.5 Å². The molecule has 8 heteroatoms. The number of carboxylic acid groups (broad SMARTS) is 1. The summed E-state index contributed by atoms with van der Waals surface area (Å²) in [5, 5.41) is 17.6. The van der Waals surface area contributed by atoms with Crippen molar-refractivity contribution in [2.24, 2.45) is 0 Å². The van der Waals surface area contributed by atoms with Crippen LogP contribution in [0.4, 0.5) is 5.82 Å². The topological polar surface area (TPSA) is 84.1 Å². The van der Waals surface area contributed by atoms with E-state index in [-0.39, 0.29) is 5.92 Å². The van der Waals surface area contributed by atoms with Gasteiger partial charge in [0.05, 0.1) is 11.1 Å². The molecular formula is C18H21N5O2S. The second kappa shape index (κ2) is 6.35. The molecule has 1 fully saturated rings. The quantitative estimate of drug-likeness (QED) is 0.759. The molecule has 136 valence electrons. The standard InChI is InChI=1S/C18H21N5O2S/c1-12(2)14-3-7-23(21-14)18(17(24)25)5-8-22(9-6-18)15-13-4-10-26-16(13)20-11-19-15/h3-4,7,10-12H,5-6,8-9H2,1-2H3,(H,24,25). The Morgan fingerprint density at radius 1 is 1.27 bits per heavy atom. The molecule has 4 heterocycles. The number of carbonyl (C=O) groups is 1. The van der Waals surface area contributed by atoms with Gasteiger partial charge in [0.25, 0.3) is 0 Å². The summed E-state index contributed by atoms with van der Waals surface area (Å²) in [5.74, 6) is 0.340. The summed E-state index contributed by atoms with van der Waals surface area (Å²) in [4.78, 5) is 24.0. The highest BCUT2D eigenvalue weighted by Gasteiger charge is 2.44. The van der Waals surface area contributed by atoms with Crippen LogP contribution in [0.3, 0.4) is 0 Å². The minimum atomic E-state index is -0.996. The Hall–Kier alpha value is -2.48. The van der Waals surface area contributed by atoms with E-state index in [0.717, 1.165) is 21.7 Å². The van der Waals surface area contributed by atoms with Crippen LogP contribution >= 0.6 is 11.3 Å². The molecule has 1 saturated heterocycles. The number of aliphatic carboxylic acids is 1. The van der Waals surface area contributed by atoms with Crippen molar-refractivity contribution in [1.29, 1.82) is 0 Å². The van der Waals surface area contributed by atoms with E-state index in [1.807, 2.05) is 17.5 Å². The van der Waals surface area contributed by atoms with E-state index in [1.54, 1.807) is 28.5 Å². The number of hydrogen-bond donors (Lipinski definition) is 1. The zero-order valence-electron chi connectivity index (χ0n) is 14.8. The number of aromatic nitrogens is 4. The summed E-state index contributed by atoms with van der Waals surface area (Å²) in [6.07, 6.45) is 4.35. The van der Waals surface area contributed by atoms with Crippen molar-refractivity contribution in [2.75, 3.05) is 18.0 Å². The molecule has 0 atom stereocenters. The fraction of sp³-hybridized carbons (Fsp3) is 0.444. The zero-order chi connectivity index (χ0) is 18.3. The number of thiophene rings is 1. The number of rotatable bonds is 4.